The van der Waals surface area contributed by atoms with Crippen molar-refractivity contribution in [2.24, 2.45) is 5.92 Å². The topological polar surface area (TPSA) is 115 Å². The number of carboxylic acids is 1. The monoisotopic (exact) mass is 267 g/mol. The first-order chi connectivity index (χ1) is 8.99. The molecule has 0 amide bonds. The third-order valence-electron chi connectivity index (χ3n) is 3.00. The Morgan fingerprint density at radius 2 is 2.37 bits per heavy atom. The molecule has 1 fully saturated rings. The second-order valence-electron chi connectivity index (χ2n) is 4.35. The van der Waals surface area contributed by atoms with Crippen LogP contribution in [0.4, 0.5) is 11.5 Å². The third-order valence-corrected chi connectivity index (χ3v) is 3.00. The van der Waals surface area contributed by atoms with Crippen molar-refractivity contribution in [2.75, 3.05) is 18.5 Å². The van der Waals surface area contributed by atoms with Crippen LogP contribution < -0.4 is 5.32 Å². The lowest BCUT2D eigenvalue weighted by Crippen LogP contribution is -2.33. The first-order valence-corrected chi connectivity index (χ1v) is 5.67. The van der Waals surface area contributed by atoms with Crippen LogP contribution >= 0.6 is 0 Å². The highest BCUT2D eigenvalue weighted by Gasteiger charge is 2.34. The highest BCUT2D eigenvalue weighted by molar-refractivity contribution is 5.72. The first kappa shape index (κ1) is 13.2. The van der Waals surface area contributed by atoms with E-state index in [1.165, 1.54) is 12.3 Å². The lowest BCUT2D eigenvalue weighted by atomic mass is 10.0. The molecule has 1 saturated heterocycles. The summed E-state index contributed by atoms with van der Waals surface area (Å²) < 4.78 is 5.10. The predicted octanol–water partition coefficient (Wildman–Crippen LogP) is 0.810. The predicted molar refractivity (Wildman–Crippen MR) is 65.0 cm³/mol. The van der Waals surface area contributed by atoms with Crippen molar-refractivity contribution in [2.45, 2.75) is 13.0 Å². The molecule has 0 aliphatic carbocycles. The molecule has 2 N–H and O–H groups in total. The van der Waals surface area contributed by atoms with Crippen LogP contribution in [0.3, 0.4) is 0 Å². The molecule has 1 aromatic rings. The Kier molecular flexibility index (Phi) is 3.61. The van der Waals surface area contributed by atoms with E-state index < -0.39 is 22.9 Å². The Hall–Kier alpha value is -2.22. The lowest BCUT2D eigenvalue weighted by Gasteiger charge is -2.16. The second-order valence-corrected chi connectivity index (χ2v) is 4.35. The van der Waals surface area contributed by atoms with Gasteiger partial charge in [0.15, 0.2) is 0 Å². The molecule has 1 aliphatic rings. The van der Waals surface area contributed by atoms with Gasteiger partial charge in [-0.1, -0.05) is 0 Å². The minimum Gasteiger partial charge on any atom is -0.481 e. The number of rotatable bonds is 4. The normalized spacial score (nSPS) is 22.2. The number of ether oxygens (including phenoxy) is 1. The lowest BCUT2D eigenvalue weighted by molar-refractivity contribution is -0.385. The molecule has 0 saturated carbocycles. The van der Waals surface area contributed by atoms with Gasteiger partial charge in [-0.05, 0) is 6.92 Å². The number of anilines is 1. The number of aryl methyl sites for hydroxylation is 1. The van der Waals surface area contributed by atoms with Crippen LogP contribution in [0.15, 0.2) is 12.3 Å². The van der Waals surface area contributed by atoms with Crippen LogP contribution in [0.2, 0.25) is 0 Å². The van der Waals surface area contributed by atoms with E-state index in [2.05, 4.69) is 10.3 Å². The van der Waals surface area contributed by atoms with Gasteiger partial charge in [-0.3, -0.25) is 14.9 Å². The average Bonchev–Trinajstić information content (AvgIpc) is 2.79. The summed E-state index contributed by atoms with van der Waals surface area (Å²) in [4.78, 5) is 25.3. The summed E-state index contributed by atoms with van der Waals surface area (Å²) in [6, 6.07) is 0.861. The van der Waals surface area contributed by atoms with E-state index in [1.54, 1.807) is 6.92 Å². The number of carboxylic acid groups (broad SMARTS) is 1. The molecule has 8 heteroatoms. The number of nitrogens with one attached hydrogen (secondary N) is 1. The number of carbonyl (C=O) groups is 1. The molecule has 2 atom stereocenters. The van der Waals surface area contributed by atoms with Gasteiger partial charge in [-0.25, -0.2) is 4.98 Å². The number of aromatic nitrogens is 1. The minimum atomic E-state index is -0.961. The van der Waals surface area contributed by atoms with Crippen LogP contribution in [0.5, 0.6) is 0 Å². The Morgan fingerprint density at radius 3 is 3.00 bits per heavy atom. The Labute approximate surface area is 108 Å². The maximum absolute atomic E-state index is 11.0. The maximum Gasteiger partial charge on any atom is 0.311 e. The van der Waals surface area contributed by atoms with Gasteiger partial charge in [-0.15, -0.1) is 0 Å². The molecule has 0 bridgehead atoms. The zero-order valence-corrected chi connectivity index (χ0v) is 10.2. The number of nitrogens with zero attached hydrogens (tertiary/aromatic N) is 2. The van der Waals surface area contributed by atoms with E-state index in [0.29, 0.717) is 5.56 Å². The molecule has 8 nitrogen and oxygen atoms in total. The Bertz CT molecular complexity index is 519. The summed E-state index contributed by atoms with van der Waals surface area (Å²) in [5.41, 5.74) is 0.399. The van der Waals surface area contributed by atoms with Crippen molar-refractivity contribution in [1.29, 1.82) is 0 Å². The molecule has 102 valence electrons. The molecule has 2 heterocycles. The first-order valence-electron chi connectivity index (χ1n) is 5.67. The quantitative estimate of drug-likeness (QED) is 0.612. The Morgan fingerprint density at radius 1 is 1.63 bits per heavy atom. The number of hydrogen-bond donors (Lipinski definition) is 2. The largest absolute Gasteiger partial charge is 0.481 e. The minimum absolute atomic E-state index is 0.0525. The van der Waals surface area contributed by atoms with Gasteiger partial charge in [0.2, 0.25) is 0 Å². The van der Waals surface area contributed by atoms with Crippen molar-refractivity contribution >= 4 is 17.5 Å². The second kappa shape index (κ2) is 5.19. The van der Waals surface area contributed by atoms with E-state index in [1.807, 2.05) is 0 Å². The average molecular weight is 267 g/mol. The zero-order valence-electron chi connectivity index (χ0n) is 10.2. The van der Waals surface area contributed by atoms with Crippen LogP contribution in [0.1, 0.15) is 5.56 Å². The molecular weight excluding hydrogens is 254 g/mol. The van der Waals surface area contributed by atoms with Crippen LogP contribution in [-0.2, 0) is 9.53 Å². The number of nitro groups is 1. The van der Waals surface area contributed by atoms with E-state index in [4.69, 9.17) is 9.84 Å². The van der Waals surface area contributed by atoms with Crippen molar-refractivity contribution in [3.63, 3.8) is 0 Å². The van der Waals surface area contributed by atoms with Crippen LogP contribution in [0, 0.1) is 23.0 Å². The Balaban J connectivity index is 2.17. The van der Waals surface area contributed by atoms with Crippen LogP contribution in [-0.4, -0.2) is 40.2 Å². The van der Waals surface area contributed by atoms with Gasteiger partial charge in [0.25, 0.3) is 5.69 Å². The molecule has 0 spiro atoms. The summed E-state index contributed by atoms with van der Waals surface area (Å²) >= 11 is 0. The van der Waals surface area contributed by atoms with Gasteiger partial charge in [-0.2, -0.15) is 0 Å². The summed E-state index contributed by atoms with van der Waals surface area (Å²) in [6.45, 7) is 1.95. The molecular formula is C11H13N3O5. The van der Waals surface area contributed by atoms with Gasteiger partial charge in [0.1, 0.15) is 11.7 Å². The summed E-state index contributed by atoms with van der Waals surface area (Å²) in [5, 5.41) is 22.7. The fourth-order valence-corrected chi connectivity index (χ4v) is 1.92. The SMILES string of the molecule is Cc1cnc(NC2COCC2C(=O)O)cc1[N+](=O)[O-]. The molecule has 2 rings (SSSR count). The summed E-state index contributed by atoms with van der Waals surface area (Å²) in [5.74, 6) is -1.36. The molecule has 19 heavy (non-hydrogen) atoms. The highest BCUT2D eigenvalue weighted by Crippen LogP contribution is 2.23. The van der Waals surface area contributed by atoms with Crippen molar-refractivity contribution in [1.82, 2.24) is 4.98 Å². The zero-order chi connectivity index (χ0) is 14.0. The van der Waals surface area contributed by atoms with Gasteiger partial charge in [0, 0.05) is 11.8 Å². The maximum atomic E-state index is 11.0. The highest BCUT2D eigenvalue weighted by atomic mass is 16.6. The van der Waals surface area contributed by atoms with E-state index in [0.717, 1.165) is 0 Å². The summed E-state index contributed by atoms with van der Waals surface area (Å²) in [6.07, 6.45) is 1.38. The molecule has 1 aliphatic heterocycles. The summed E-state index contributed by atoms with van der Waals surface area (Å²) in [7, 11) is 0. The molecule has 0 aromatic carbocycles. The van der Waals surface area contributed by atoms with E-state index in [-0.39, 0.29) is 24.7 Å². The van der Waals surface area contributed by atoms with E-state index >= 15 is 0 Å². The van der Waals surface area contributed by atoms with Crippen molar-refractivity contribution in [3.05, 3.63) is 27.9 Å². The van der Waals surface area contributed by atoms with Gasteiger partial charge in [0.05, 0.1) is 30.2 Å². The van der Waals surface area contributed by atoms with Crippen LogP contribution in [0.25, 0.3) is 0 Å². The molecule has 1 aromatic heterocycles. The fourth-order valence-electron chi connectivity index (χ4n) is 1.92. The van der Waals surface area contributed by atoms with Gasteiger partial charge < -0.3 is 15.2 Å². The third kappa shape index (κ3) is 2.79. The molecule has 2 unspecified atom stereocenters. The smallest absolute Gasteiger partial charge is 0.311 e. The number of pyridine rings is 1. The van der Waals surface area contributed by atoms with Gasteiger partial charge >= 0.3 is 5.97 Å². The van der Waals surface area contributed by atoms with Crippen molar-refractivity contribution < 1.29 is 19.6 Å². The molecule has 0 radical (unpaired) electrons. The standard InChI is InChI=1S/C11H13N3O5/c1-6-3-12-10(2-9(6)14(17)18)13-8-5-19-4-7(8)11(15)16/h2-3,7-8H,4-5H2,1H3,(H,12,13)(H,15,16). The fraction of sp³-hybridized carbons (Fsp3) is 0.455. The van der Waals surface area contributed by atoms with E-state index in [9.17, 15) is 14.9 Å². The number of aliphatic carboxylic acids is 1. The van der Waals surface area contributed by atoms with Crippen molar-refractivity contribution in [3.8, 4) is 0 Å². The number of hydrogen-bond acceptors (Lipinski definition) is 6.